The van der Waals surface area contributed by atoms with E-state index in [4.69, 9.17) is 11.6 Å². The number of benzene rings is 1. The van der Waals surface area contributed by atoms with Crippen LogP contribution in [0.25, 0.3) is 28.0 Å². The fourth-order valence-corrected chi connectivity index (χ4v) is 2.92. The highest BCUT2D eigenvalue weighted by atomic mass is 35.5. The zero-order chi connectivity index (χ0) is 18.3. The molecule has 0 N–H and O–H groups in total. The fourth-order valence-electron chi connectivity index (χ4n) is 2.82. The number of fused-ring (bicyclic) bond motifs is 1. The lowest BCUT2D eigenvalue weighted by Crippen LogP contribution is -1.99. The number of nitrogens with zero attached hydrogens (tertiary/aromatic N) is 5. The molecule has 4 rings (SSSR count). The molecule has 0 aliphatic heterocycles. The zero-order valence-corrected chi connectivity index (χ0v) is 14.4. The van der Waals surface area contributed by atoms with Gasteiger partial charge in [0.2, 0.25) is 0 Å². The lowest BCUT2D eigenvalue weighted by molar-refractivity contribution is -0.384. The molecule has 1 aromatic carbocycles. The smallest absolute Gasteiger partial charge is 0.258 e. The summed E-state index contributed by atoms with van der Waals surface area (Å²) in [6, 6.07) is 15.7. The lowest BCUT2D eigenvalue weighted by atomic mass is 10.0. The third-order valence-electron chi connectivity index (χ3n) is 4.02. The Morgan fingerprint density at radius 3 is 2.46 bits per heavy atom. The molecule has 0 saturated carbocycles. The minimum atomic E-state index is -0.420. The van der Waals surface area contributed by atoms with E-state index < -0.39 is 4.92 Å². The Hall–Kier alpha value is -3.32. The number of nitro groups is 1. The molecule has 0 aliphatic rings. The first-order chi connectivity index (χ1) is 12.5. The summed E-state index contributed by atoms with van der Waals surface area (Å²) in [6.07, 6.45) is 0. The first kappa shape index (κ1) is 16.2. The second-order valence-electron chi connectivity index (χ2n) is 5.76. The minimum absolute atomic E-state index is 0.0410. The molecule has 0 fully saturated rings. The van der Waals surface area contributed by atoms with Crippen LogP contribution >= 0.6 is 11.6 Å². The van der Waals surface area contributed by atoms with Crippen LogP contribution in [0.1, 0.15) is 5.69 Å². The van der Waals surface area contributed by atoms with Crippen molar-refractivity contribution in [2.24, 2.45) is 0 Å². The van der Waals surface area contributed by atoms with Crippen LogP contribution in [-0.4, -0.2) is 24.7 Å². The molecule has 0 saturated heterocycles. The lowest BCUT2D eigenvalue weighted by Gasteiger charge is -2.06. The molecule has 0 bridgehead atoms. The molecule has 3 aromatic heterocycles. The van der Waals surface area contributed by atoms with Crippen LogP contribution in [0, 0.1) is 17.0 Å². The number of hydrogen-bond donors (Lipinski definition) is 0. The van der Waals surface area contributed by atoms with Gasteiger partial charge in [0.1, 0.15) is 11.4 Å². The summed E-state index contributed by atoms with van der Waals surface area (Å²) < 4.78 is 1.80. The molecule has 0 radical (unpaired) electrons. The van der Waals surface area contributed by atoms with Gasteiger partial charge in [-0.3, -0.25) is 10.1 Å². The largest absolute Gasteiger partial charge is 0.269 e. The quantitative estimate of drug-likeness (QED) is 0.398. The van der Waals surface area contributed by atoms with E-state index in [1.807, 2.05) is 25.1 Å². The Balaban J connectivity index is 1.97. The average molecular weight is 366 g/mol. The van der Waals surface area contributed by atoms with Crippen molar-refractivity contribution in [1.29, 1.82) is 0 Å². The number of aromatic nitrogens is 4. The van der Waals surface area contributed by atoms with E-state index in [9.17, 15) is 10.1 Å². The van der Waals surface area contributed by atoms with Gasteiger partial charge in [-0.05, 0) is 55.0 Å². The van der Waals surface area contributed by atoms with Crippen LogP contribution in [-0.2, 0) is 0 Å². The van der Waals surface area contributed by atoms with Crippen molar-refractivity contribution in [2.75, 3.05) is 0 Å². The summed E-state index contributed by atoms with van der Waals surface area (Å²) in [5.41, 5.74) is 4.82. The summed E-state index contributed by atoms with van der Waals surface area (Å²) >= 11 is 5.86. The van der Waals surface area contributed by atoms with Crippen molar-refractivity contribution in [3.8, 4) is 22.5 Å². The van der Waals surface area contributed by atoms with Gasteiger partial charge in [0.05, 0.1) is 16.1 Å². The molecule has 0 aliphatic carbocycles. The Morgan fingerprint density at radius 2 is 1.81 bits per heavy atom. The van der Waals surface area contributed by atoms with Crippen LogP contribution in [0.5, 0.6) is 0 Å². The maximum atomic E-state index is 10.9. The second-order valence-corrected chi connectivity index (χ2v) is 6.15. The molecule has 0 unspecified atom stereocenters. The molecule has 3 heterocycles. The van der Waals surface area contributed by atoms with Crippen molar-refractivity contribution in [2.45, 2.75) is 6.92 Å². The SMILES string of the molecule is Cc1ccc2cc(-c3ccc([N+](=O)[O-])cc3)c(-c3ccc(Cl)nn3)n2n1. The average Bonchev–Trinajstić information content (AvgIpc) is 3.01. The van der Waals surface area contributed by atoms with Crippen molar-refractivity contribution in [3.63, 3.8) is 0 Å². The number of nitro benzene ring substituents is 1. The Kier molecular flexibility index (Phi) is 3.85. The van der Waals surface area contributed by atoms with E-state index >= 15 is 0 Å². The van der Waals surface area contributed by atoms with E-state index in [0.29, 0.717) is 10.8 Å². The highest BCUT2D eigenvalue weighted by Gasteiger charge is 2.17. The fraction of sp³-hybridized carbons (Fsp3) is 0.0556. The second kappa shape index (κ2) is 6.20. The molecular weight excluding hydrogens is 354 g/mol. The molecule has 26 heavy (non-hydrogen) atoms. The van der Waals surface area contributed by atoms with Crippen molar-refractivity contribution in [3.05, 3.63) is 75.6 Å². The summed E-state index contributed by atoms with van der Waals surface area (Å²) in [4.78, 5) is 10.5. The van der Waals surface area contributed by atoms with Crippen LogP contribution in [0.15, 0.2) is 54.6 Å². The first-order valence-corrected chi connectivity index (χ1v) is 8.14. The van der Waals surface area contributed by atoms with Crippen LogP contribution in [0.3, 0.4) is 0 Å². The van der Waals surface area contributed by atoms with Gasteiger partial charge in [-0.15, -0.1) is 10.2 Å². The maximum Gasteiger partial charge on any atom is 0.269 e. The van der Waals surface area contributed by atoms with Gasteiger partial charge >= 0.3 is 0 Å². The van der Waals surface area contributed by atoms with Crippen molar-refractivity contribution >= 4 is 22.8 Å². The van der Waals surface area contributed by atoms with E-state index in [1.54, 1.807) is 28.8 Å². The standard InChI is InChI=1S/C18H12ClN5O2/c1-11-2-5-14-10-15(12-3-6-13(7-4-12)24(25)26)18(23(14)22-11)16-8-9-17(19)21-20-16/h2-10H,1H3. The maximum absolute atomic E-state index is 10.9. The van der Waals surface area contributed by atoms with Crippen LogP contribution in [0.2, 0.25) is 5.15 Å². The van der Waals surface area contributed by atoms with E-state index in [2.05, 4.69) is 15.3 Å². The molecule has 0 atom stereocenters. The van der Waals surface area contributed by atoms with E-state index in [1.165, 1.54) is 12.1 Å². The first-order valence-electron chi connectivity index (χ1n) is 7.77. The number of halogens is 1. The van der Waals surface area contributed by atoms with Gasteiger partial charge in [-0.25, -0.2) is 4.52 Å². The normalized spacial score (nSPS) is 11.0. The topological polar surface area (TPSA) is 86.2 Å². The molecule has 0 spiro atoms. The number of aryl methyl sites for hydroxylation is 1. The summed E-state index contributed by atoms with van der Waals surface area (Å²) in [5.74, 6) is 0. The van der Waals surface area contributed by atoms with Gasteiger partial charge in [-0.1, -0.05) is 11.6 Å². The number of rotatable bonds is 3. The van der Waals surface area contributed by atoms with Gasteiger partial charge in [0.25, 0.3) is 5.69 Å². The zero-order valence-electron chi connectivity index (χ0n) is 13.6. The molecule has 8 heteroatoms. The van der Waals surface area contributed by atoms with Gasteiger partial charge in [0, 0.05) is 17.7 Å². The van der Waals surface area contributed by atoms with Gasteiger partial charge in [-0.2, -0.15) is 5.10 Å². The summed E-state index contributed by atoms with van der Waals surface area (Å²) in [6.45, 7) is 1.91. The predicted molar refractivity (Wildman–Crippen MR) is 98.1 cm³/mol. The summed E-state index contributed by atoms with van der Waals surface area (Å²) in [7, 11) is 0. The molecule has 7 nitrogen and oxygen atoms in total. The Bertz CT molecular complexity index is 1120. The highest BCUT2D eigenvalue weighted by molar-refractivity contribution is 6.29. The molecule has 0 amide bonds. The van der Waals surface area contributed by atoms with Gasteiger partial charge in [0.15, 0.2) is 5.15 Å². The number of non-ortho nitro benzene ring substituents is 1. The van der Waals surface area contributed by atoms with E-state index in [0.717, 1.165) is 28.0 Å². The van der Waals surface area contributed by atoms with Crippen molar-refractivity contribution in [1.82, 2.24) is 19.8 Å². The molecular formula is C18H12ClN5O2. The number of hydrogen-bond acceptors (Lipinski definition) is 5. The minimum Gasteiger partial charge on any atom is -0.258 e. The Morgan fingerprint density at radius 1 is 1.04 bits per heavy atom. The Labute approximate surface area is 153 Å². The van der Waals surface area contributed by atoms with Crippen LogP contribution in [0.4, 0.5) is 5.69 Å². The highest BCUT2D eigenvalue weighted by Crippen LogP contribution is 2.34. The third kappa shape index (κ3) is 2.78. The third-order valence-corrected chi connectivity index (χ3v) is 4.22. The van der Waals surface area contributed by atoms with Crippen LogP contribution < -0.4 is 0 Å². The summed E-state index contributed by atoms with van der Waals surface area (Å²) in [5, 5.41) is 23.9. The van der Waals surface area contributed by atoms with E-state index in [-0.39, 0.29) is 5.69 Å². The predicted octanol–water partition coefficient (Wildman–Crippen LogP) is 4.33. The monoisotopic (exact) mass is 365 g/mol. The molecule has 128 valence electrons. The van der Waals surface area contributed by atoms with Crippen molar-refractivity contribution < 1.29 is 4.92 Å². The van der Waals surface area contributed by atoms with Gasteiger partial charge < -0.3 is 0 Å². The molecule has 4 aromatic rings.